The molecule has 0 fully saturated rings. The first-order chi connectivity index (χ1) is 7.91. The molecule has 0 aliphatic heterocycles. The largest absolute Gasteiger partial charge is 0.334 e. The van der Waals surface area contributed by atoms with Gasteiger partial charge in [0.05, 0.1) is 0 Å². The number of nitrogens with zero attached hydrogens (tertiary/aromatic N) is 1. The summed E-state index contributed by atoms with van der Waals surface area (Å²) in [6.07, 6.45) is 12.5. The Balaban J connectivity index is 2.49. The fourth-order valence-corrected chi connectivity index (χ4v) is 2.23. The maximum absolute atomic E-state index is 11.6. The van der Waals surface area contributed by atoms with Gasteiger partial charge in [-0.25, -0.2) is 0 Å². The highest BCUT2D eigenvalue weighted by molar-refractivity contribution is 5.74. The molecular formula is C15H25NO. The Kier molecular flexibility index (Phi) is 4.98. The van der Waals surface area contributed by atoms with Crippen LogP contribution in [-0.2, 0) is 4.79 Å². The zero-order valence-corrected chi connectivity index (χ0v) is 11.6. The summed E-state index contributed by atoms with van der Waals surface area (Å²) in [5.74, 6) is 0.805. The maximum Gasteiger partial charge on any atom is 0.220 e. The second-order valence-corrected chi connectivity index (χ2v) is 5.77. The van der Waals surface area contributed by atoms with Crippen molar-refractivity contribution in [2.75, 3.05) is 6.54 Å². The Morgan fingerprint density at radius 1 is 1.41 bits per heavy atom. The molecule has 0 heterocycles. The minimum absolute atomic E-state index is 0.0946. The average Bonchev–Trinajstić information content (AvgIpc) is 2.23. The van der Waals surface area contributed by atoms with Crippen molar-refractivity contribution < 1.29 is 4.79 Å². The molecule has 17 heavy (non-hydrogen) atoms. The molecule has 0 N–H and O–H groups in total. The van der Waals surface area contributed by atoms with E-state index in [0.717, 1.165) is 13.0 Å². The van der Waals surface area contributed by atoms with Crippen LogP contribution < -0.4 is 0 Å². The molecule has 0 bridgehead atoms. The fourth-order valence-electron chi connectivity index (χ4n) is 2.23. The topological polar surface area (TPSA) is 20.3 Å². The van der Waals surface area contributed by atoms with Crippen LogP contribution in [0.25, 0.3) is 0 Å². The lowest BCUT2D eigenvalue weighted by atomic mass is 9.94. The van der Waals surface area contributed by atoms with E-state index in [1.807, 2.05) is 4.90 Å². The first-order valence-corrected chi connectivity index (χ1v) is 6.51. The second kappa shape index (κ2) is 6.04. The predicted molar refractivity (Wildman–Crippen MR) is 72.8 cm³/mol. The molecule has 0 saturated heterocycles. The van der Waals surface area contributed by atoms with Crippen molar-refractivity contribution in [3.8, 4) is 0 Å². The van der Waals surface area contributed by atoms with E-state index in [0.29, 0.717) is 5.92 Å². The Morgan fingerprint density at radius 3 is 2.59 bits per heavy atom. The third-order valence-electron chi connectivity index (χ3n) is 3.20. The van der Waals surface area contributed by atoms with E-state index in [1.165, 1.54) is 12.8 Å². The van der Waals surface area contributed by atoms with Crippen LogP contribution >= 0.6 is 0 Å². The molecule has 1 atom stereocenters. The van der Waals surface area contributed by atoms with Crippen molar-refractivity contribution in [1.29, 1.82) is 0 Å². The molecule has 1 aliphatic rings. The third kappa shape index (κ3) is 4.76. The van der Waals surface area contributed by atoms with Gasteiger partial charge in [-0.05, 0) is 46.0 Å². The summed E-state index contributed by atoms with van der Waals surface area (Å²) < 4.78 is 0. The number of hydrogen-bond donors (Lipinski definition) is 0. The van der Waals surface area contributed by atoms with E-state index in [2.05, 4.69) is 45.1 Å². The maximum atomic E-state index is 11.6. The molecule has 1 rings (SSSR count). The lowest BCUT2D eigenvalue weighted by Gasteiger charge is -2.34. The third-order valence-corrected chi connectivity index (χ3v) is 3.20. The van der Waals surface area contributed by atoms with E-state index in [4.69, 9.17) is 0 Å². The molecule has 2 heteroatoms. The summed E-state index contributed by atoms with van der Waals surface area (Å²) in [5, 5.41) is 0. The zero-order valence-electron chi connectivity index (χ0n) is 11.6. The van der Waals surface area contributed by atoms with Gasteiger partial charge in [-0.2, -0.15) is 0 Å². The summed E-state index contributed by atoms with van der Waals surface area (Å²) in [7, 11) is 0. The molecule has 0 aromatic rings. The van der Waals surface area contributed by atoms with Crippen LogP contribution in [0.5, 0.6) is 0 Å². The number of hydrogen-bond acceptors (Lipinski definition) is 1. The van der Waals surface area contributed by atoms with Crippen molar-refractivity contribution in [2.45, 2.75) is 52.5 Å². The Bertz CT molecular complexity index is 309. The van der Waals surface area contributed by atoms with Crippen LogP contribution in [0.2, 0.25) is 0 Å². The van der Waals surface area contributed by atoms with Crippen molar-refractivity contribution in [2.24, 2.45) is 5.92 Å². The number of rotatable bonds is 3. The highest BCUT2D eigenvalue weighted by atomic mass is 16.2. The summed E-state index contributed by atoms with van der Waals surface area (Å²) in [6, 6.07) is 0. The monoisotopic (exact) mass is 235 g/mol. The number of carbonyl (C=O) groups is 1. The first kappa shape index (κ1) is 14.0. The lowest BCUT2D eigenvalue weighted by molar-refractivity contribution is -0.132. The standard InChI is InChI=1S/C15H25NO/c1-13(17)16(15(2,3)4)12-8-11-14-9-6-5-7-10-14/h5-6,8,11,14H,7,9-10,12H2,1-4H3/b11-8+. The van der Waals surface area contributed by atoms with Gasteiger partial charge in [0.1, 0.15) is 0 Å². The average molecular weight is 235 g/mol. The van der Waals surface area contributed by atoms with Crippen molar-refractivity contribution in [3.05, 3.63) is 24.3 Å². The molecule has 1 unspecified atom stereocenters. The normalized spacial score (nSPS) is 20.8. The lowest BCUT2D eigenvalue weighted by Crippen LogP contribution is -2.44. The molecule has 1 aliphatic carbocycles. The van der Waals surface area contributed by atoms with Crippen molar-refractivity contribution in [1.82, 2.24) is 4.90 Å². The number of amides is 1. The van der Waals surface area contributed by atoms with Crippen LogP contribution in [0.3, 0.4) is 0 Å². The van der Waals surface area contributed by atoms with Crippen molar-refractivity contribution >= 4 is 5.91 Å². The minimum Gasteiger partial charge on any atom is -0.334 e. The number of carbonyl (C=O) groups excluding carboxylic acids is 1. The molecule has 0 spiro atoms. The minimum atomic E-state index is -0.0946. The van der Waals surface area contributed by atoms with E-state index >= 15 is 0 Å². The molecule has 0 saturated carbocycles. The van der Waals surface area contributed by atoms with Crippen LogP contribution in [0.15, 0.2) is 24.3 Å². The fraction of sp³-hybridized carbons (Fsp3) is 0.667. The van der Waals surface area contributed by atoms with Crippen LogP contribution in [0.4, 0.5) is 0 Å². The summed E-state index contributed by atoms with van der Waals surface area (Å²) in [4.78, 5) is 13.5. The van der Waals surface area contributed by atoms with E-state index in [1.54, 1.807) is 6.92 Å². The predicted octanol–water partition coefficient (Wildman–Crippen LogP) is 3.55. The van der Waals surface area contributed by atoms with Gasteiger partial charge in [0.25, 0.3) is 0 Å². The highest BCUT2D eigenvalue weighted by Crippen LogP contribution is 2.19. The SMILES string of the molecule is CC(=O)N(C/C=C/C1CC=CCC1)C(C)(C)C. The Labute approximate surface area is 105 Å². The number of allylic oxidation sites excluding steroid dienone is 3. The van der Waals surface area contributed by atoms with E-state index in [9.17, 15) is 4.79 Å². The molecule has 2 nitrogen and oxygen atoms in total. The van der Waals surface area contributed by atoms with Crippen molar-refractivity contribution in [3.63, 3.8) is 0 Å². The van der Waals surface area contributed by atoms with Crippen LogP contribution in [-0.4, -0.2) is 22.9 Å². The molecule has 96 valence electrons. The van der Waals surface area contributed by atoms with E-state index in [-0.39, 0.29) is 11.4 Å². The van der Waals surface area contributed by atoms with Gasteiger partial charge in [-0.15, -0.1) is 0 Å². The van der Waals surface area contributed by atoms with E-state index < -0.39 is 0 Å². The second-order valence-electron chi connectivity index (χ2n) is 5.77. The van der Waals surface area contributed by atoms with Gasteiger partial charge in [-0.3, -0.25) is 4.79 Å². The molecule has 0 aromatic heterocycles. The highest BCUT2D eigenvalue weighted by Gasteiger charge is 2.22. The van der Waals surface area contributed by atoms with Gasteiger partial charge >= 0.3 is 0 Å². The summed E-state index contributed by atoms with van der Waals surface area (Å²) >= 11 is 0. The molecule has 1 amide bonds. The smallest absolute Gasteiger partial charge is 0.220 e. The van der Waals surface area contributed by atoms with Gasteiger partial charge in [0.15, 0.2) is 0 Å². The molecule has 0 radical (unpaired) electrons. The van der Waals surface area contributed by atoms with Gasteiger partial charge < -0.3 is 4.90 Å². The van der Waals surface area contributed by atoms with Gasteiger partial charge in [0, 0.05) is 19.0 Å². The molecule has 0 aromatic carbocycles. The summed E-state index contributed by atoms with van der Waals surface area (Å²) in [5.41, 5.74) is -0.0946. The van der Waals surface area contributed by atoms with Crippen LogP contribution in [0, 0.1) is 5.92 Å². The van der Waals surface area contributed by atoms with Crippen LogP contribution in [0.1, 0.15) is 47.0 Å². The zero-order chi connectivity index (χ0) is 12.9. The Morgan fingerprint density at radius 2 is 2.12 bits per heavy atom. The molecular weight excluding hydrogens is 210 g/mol. The first-order valence-electron chi connectivity index (χ1n) is 6.51. The summed E-state index contributed by atoms with van der Waals surface area (Å²) in [6.45, 7) is 8.59. The Hall–Kier alpha value is -1.05. The van der Waals surface area contributed by atoms with Gasteiger partial charge in [-0.1, -0.05) is 24.3 Å². The van der Waals surface area contributed by atoms with Gasteiger partial charge in [0.2, 0.25) is 5.91 Å². The quantitative estimate of drug-likeness (QED) is 0.685.